The Kier molecular flexibility index (Phi) is 7.31. The molecule has 0 bridgehead atoms. The predicted octanol–water partition coefficient (Wildman–Crippen LogP) is 3.46. The monoisotopic (exact) mass is 319 g/mol. The SMILES string of the molecule is COCCCNC(=O)/C=C/c1ccc(SC(F)(F)F)cc1. The summed E-state index contributed by atoms with van der Waals surface area (Å²) < 4.78 is 41.3. The van der Waals surface area contributed by atoms with E-state index in [0.29, 0.717) is 18.7 Å². The number of alkyl halides is 3. The molecule has 1 N–H and O–H groups in total. The number of amides is 1. The zero-order valence-electron chi connectivity index (χ0n) is 11.4. The van der Waals surface area contributed by atoms with Gasteiger partial charge in [-0.2, -0.15) is 13.2 Å². The van der Waals surface area contributed by atoms with Crippen LogP contribution in [0.25, 0.3) is 6.08 Å². The number of methoxy groups -OCH3 is 1. The molecule has 1 aromatic rings. The quantitative estimate of drug-likeness (QED) is 0.475. The van der Waals surface area contributed by atoms with Gasteiger partial charge in [-0.05, 0) is 42.0 Å². The van der Waals surface area contributed by atoms with Gasteiger partial charge in [0.2, 0.25) is 5.91 Å². The van der Waals surface area contributed by atoms with Crippen molar-refractivity contribution < 1.29 is 22.7 Å². The molecule has 0 unspecified atom stereocenters. The van der Waals surface area contributed by atoms with Crippen molar-refractivity contribution in [2.24, 2.45) is 0 Å². The maximum atomic E-state index is 12.2. The van der Waals surface area contributed by atoms with E-state index in [1.165, 1.54) is 30.3 Å². The van der Waals surface area contributed by atoms with Gasteiger partial charge in [0.25, 0.3) is 0 Å². The fourth-order valence-corrected chi connectivity index (χ4v) is 1.98. The minimum absolute atomic E-state index is 0.115. The van der Waals surface area contributed by atoms with Gasteiger partial charge in [0.05, 0.1) is 0 Å². The van der Waals surface area contributed by atoms with E-state index >= 15 is 0 Å². The van der Waals surface area contributed by atoms with Crippen LogP contribution in [0.5, 0.6) is 0 Å². The molecule has 21 heavy (non-hydrogen) atoms. The zero-order chi connectivity index (χ0) is 15.7. The maximum Gasteiger partial charge on any atom is 0.446 e. The minimum Gasteiger partial charge on any atom is -0.385 e. The summed E-state index contributed by atoms with van der Waals surface area (Å²) in [4.78, 5) is 11.6. The van der Waals surface area contributed by atoms with Crippen molar-refractivity contribution in [3.8, 4) is 0 Å². The Bertz CT molecular complexity index is 472. The Labute approximate surface area is 125 Å². The van der Waals surface area contributed by atoms with Gasteiger partial charge in [-0.15, -0.1) is 0 Å². The molecule has 0 atom stereocenters. The lowest BCUT2D eigenvalue weighted by Gasteiger charge is -2.05. The number of carbonyl (C=O) groups excluding carboxylic acids is 1. The van der Waals surface area contributed by atoms with Gasteiger partial charge in [-0.3, -0.25) is 4.79 Å². The third-order valence-electron chi connectivity index (χ3n) is 2.37. The van der Waals surface area contributed by atoms with Gasteiger partial charge in [-0.25, -0.2) is 0 Å². The van der Waals surface area contributed by atoms with Crippen molar-refractivity contribution in [2.45, 2.75) is 16.8 Å². The molecule has 0 saturated carbocycles. The summed E-state index contributed by atoms with van der Waals surface area (Å²) in [5, 5.41) is 2.67. The smallest absolute Gasteiger partial charge is 0.385 e. The molecule has 0 saturated heterocycles. The zero-order valence-corrected chi connectivity index (χ0v) is 12.3. The van der Waals surface area contributed by atoms with Crippen LogP contribution in [0.15, 0.2) is 35.2 Å². The molecule has 0 heterocycles. The van der Waals surface area contributed by atoms with Gasteiger partial charge in [0.15, 0.2) is 0 Å². The van der Waals surface area contributed by atoms with E-state index in [2.05, 4.69) is 5.32 Å². The van der Waals surface area contributed by atoms with Crippen LogP contribution in [-0.4, -0.2) is 31.7 Å². The van der Waals surface area contributed by atoms with Crippen LogP contribution in [0, 0.1) is 0 Å². The van der Waals surface area contributed by atoms with Gasteiger partial charge in [0, 0.05) is 31.2 Å². The van der Waals surface area contributed by atoms with Crippen molar-refractivity contribution in [2.75, 3.05) is 20.3 Å². The fraction of sp³-hybridized carbons (Fsp3) is 0.357. The number of carbonyl (C=O) groups is 1. The summed E-state index contributed by atoms with van der Waals surface area (Å²) in [7, 11) is 1.59. The van der Waals surface area contributed by atoms with Crippen molar-refractivity contribution in [3.05, 3.63) is 35.9 Å². The third-order valence-corrected chi connectivity index (χ3v) is 3.10. The van der Waals surface area contributed by atoms with Crippen LogP contribution in [0.2, 0.25) is 0 Å². The lowest BCUT2D eigenvalue weighted by molar-refractivity contribution is -0.116. The van der Waals surface area contributed by atoms with E-state index in [-0.39, 0.29) is 22.6 Å². The summed E-state index contributed by atoms with van der Waals surface area (Å²) in [6.07, 6.45) is 3.62. The second-order valence-electron chi connectivity index (χ2n) is 4.09. The van der Waals surface area contributed by atoms with Crippen LogP contribution in [0.4, 0.5) is 13.2 Å². The normalized spacial score (nSPS) is 11.8. The van der Waals surface area contributed by atoms with Crippen molar-refractivity contribution in [1.29, 1.82) is 0 Å². The molecule has 1 amide bonds. The average molecular weight is 319 g/mol. The van der Waals surface area contributed by atoms with Crippen molar-refractivity contribution in [3.63, 3.8) is 0 Å². The molecule has 0 spiro atoms. The molecule has 0 aliphatic carbocycles. The number of nitrogens with one attached hydrogen (secondary N) is 1. The Hall–Kier alpha value is -1.47. The average Bonchev–Trinajstić information content (AvgIpc) is 2.41. The van der Waals surface area contributed by atoms with Gasteiger partial charge < -0.3 is 10.1 Å². The van der Waals surface area contributed by atoms with E-state index in [4.69, 9.17) is 4.74 Å². The van der Waals surface area contributed by atoms with Gasteiger partial charge >= 0.3 is 5.51 Å². The van der Waals surface area contributed by atoms with E-state index < -0.39 is 5.51 Å². The molecule has 0 aliphatic heterocycles. The molecule has 1 rings (SSSR count). The highest BCUT2D eigenvalue weighted by atomic mass is 32.2. The number of rotatable bonds is 7. The Morgan fingerprint density at radius 2 is 2.00 bits per heavy atom. The molecular formula is C14H16F3NO2S. The summed E-state index contributed by atoms with van der Waals surface area (Å²) in [6.45, 7) is 1.08. The van der Waals surface area contributed by atoms with E-state index in [0.717, 1.165) is 6.42 Å². The maximum absolute atomic E-state index is 12.2. The summed E-state index contributed by atoms with van der Waals surface area (Å²) >= 11 is -0.166. The minimum atomic E-state index is -4.29. The lowest BCUT2D eigenvalue weighted by Crippen LogP contribution is -2.22. The highest BCUT2D eigenvalue weighted by Crippen LogP contribution is 2.36. The molecule has 0 aliphatic rings. The Morgan fingerprint density at radius 3 is 2.57 bits per heavy atom. The van der Waals surface area contributed by atoms with Crippen LogP contribution in [-0.2, 0) is 9.53 Å². The standard InChI is InChI=1S/C14H16F3NO2S/c1-20-10-2-9-18-13(19)8-5-11-3-6-12(7-4-11)21-14(15,16)17/h3-8H,2,9-10H2,1H3,(H,18,19)/b8-5+. The van der Waals surface area contributed by atoms with Gasteiger partial charge in [-0.1, -0.05) is 12.1 Å². The largest absolute Gasteiger partial charge is 0.446 e. The Morgan fingerprint density at radius 1 is 1.33 bits per heavy atom. The number of hydrogen-bond donors (Lipinski definition) is 1. The van der Waals surface area contributed by atoms with Crippen LogP contribution in [0.1, 0.15) is 12.0 Å². The number of thioether (sulfide) groups is 1. The van der Waals surface area contributed by atoms with Gasteiger partial charge in [0.1, 0.15) is 0 Å². The highest BCUT2D eigenvalue weighted by molar-refractivity contribution is 8.00. The number of hydrogen-bond acceptors (Lipinski definition) is 3. The first kappa shape index (κ1) is 17.6. The summed E-state index contributed by atoms with van der Waals surface area (Å²) in [6, 6.07) is 5.80. The van der Waals surface area contributed by atoms with E-state index in [9.17, 15) is 18.0 Å². The molecule has 0 fully saturated rings. The van der Waals surface area contributed by atoms with Crippen molar-refractivity contribution in [1.82, 2.24) is 5.32 Å². The molecule has 0 radical (unpaired) electrons. The second kappa shape index (κ2) is 8.74. The molecule has 3 nitrogen and oxygen atoms in total. The first-order chi connectivity index (χ1) is 9.90. The van der Waals surface area contributed by atoms with Crippen LogP contribution >= 0.6 is 11.8 Å². The predicted molar refractivity (Wildman–Crippen MR) is 76.9 cm³/mol. The Balaban J connectivity index is 2.44. The summed E-state index contributed by atoms with van der Waals surface area (Å²) in [5.74, 6) is -0.250. The molecule has 7 heteroatoms. The summed E-state index contributed by atoms with van der Waals surface area (Å²) in [5.41, 5.74) is -3.63. The topological polar surface area (TPSA) is 38.3 Å². The molecule has 0 aromatic heterocycles. The highest BCUT2D eigenvalue weighted by Gasteiger charge is 2.28. The van der Waals surface area contributed by atoms with Crippen LogP contribution in [0.3, 0.4) is 0 Å². The van der Waals surface area contributed by atoms with E-state index in [1.807, 2.05) is 0 Å². The molecule has 116 valence electrons. The first-order valence-corrected chi connectivity index (χ1v) is 7.03. The number of benzene rings is 1. The molecular weight excluding hydrogens is 303 g/mol. The molecule has 1 aromatic carbocycles. The third kappa shape index (κ3) is 8.41. The number of halogens is 3. The second-order valence-corrected chi connectivity index (χ2v) is 5.23. The first-order valence-electron chi connectivity index (χ1n) is 6.21. The lowest BCUT2D eigenvalue weighted by atomic mass is 10.2. The number of ether oxygens (including phenoxy) is 1. The van der Waals surface area contributed by atoms with Crippen LogP contribution < -0.4 is 5.32 Å². The van der Waals surface area contributed by atoms with E-state index in [1.54, 1.807) is 13.2 Å². The van der Waals surface area contributed by atoms with Crippen molar-refractivity contribution >= 4 is 23.7 Å². The fourth-order valence-electron chi connectivity index (χ4n) is 1.44.